The van der Waals surface area contributed by atoms with Gasteiger partial charge in [-0.05, 0) is 55.2 Å². The Hall–Kier alpha value is -2.34. The molecule has 18 heavy (non-hydrogen) atoms. The molecule has 0 amide bonds. The summed E-state index contributed by atoms with van der Waals surface area (Å²) in [4.78, 5) is 0. The van der Waals surface area contributed by atoms with Crippen LogP contribution in [-0.2, 0) is 0 Å². The van der Waals surface area contributed by atoms with E-state index in [0.717, 1.165) is 0 Å². The van der Waals surface area contributed by atoms with E-state index in [0.29, 0.717) is 0 Å². The van der Waals surface area contributed by atoms with Gasteiger partial charge in [0, 0.05) is 0 Å². The maximum absolute atomic E-state index is 2.32. The van der Waals surface area contributed by atoms with Crippen LogP contribution in [0.4, 0.5) is 0 Å². The molecule has 0 unspecified atom stereocenters. The molecular weight excluding hydrogens is 216 g/mol. The Morgan fingerprint density at radius 2 is 1.33 bits per heavy atom. The first-order valence-corrected chi connectivity index (χ1v) is 6.30. The zero-order chi connectivity index (χ0) is 11.7. The van der Waals surface area contributed by atoms with E-state index in [1.165, 1.54) is 43.1 Å². The summed E-state index contributed by atoms with van der Waals surface area (Å²) in [6.07, 6.45) is 2.31. The second kappa shape index (κ2) is 2.73. The fraction of sp³-hybridized carbons (Fsp3) is 0. The van der Waals surface area contributed by atoms with Crippen LogP contribution in [0.15, 0.2) is 54.6 Å². The van der Waals surface area contributed by atoms with Crippen LogP contribution in [0.25, 0.3) is 38.4 Å². The van der Waals surface area contributed by atoms with Gasteiger partial charge >= 0.3 is 0 Å². The number of hydrogen-bond acceptors (Lipinski definition) is 0. The van der Waals surface area contributed by atoms with Gasteiger partial charge in [-0.2, -0.15) is 0 Å². The molecule has 0 nitrogen and oxygen atoms in total. The number of hydrogen-bond donors (Lipinski definition) is 0. The third-order valence-electron chi connectivity index (χ3n) is 4.11. The van der Waals surface area contributed by atoms with Gasteiger partial charge in [-0.3, -0.25) is 0 Å². The van der Waals surface area contributed by atoms with Gasteiger partial charge in [0.2, 0.25) is 0 Å². The van der Waals surface area contributed by atoms with E-state index in [4.69, 9.17) is 0 Å². The van der Waals surface area contributed by atoms with Gasteiger partial charge in [-0.25, -0.2) is 0 Å². The highest BCUT2D eigenvalue weighted by molar-refractivity contribution is 6.25. The monoisotopic (exact) mass is 226 g/mol. The minimum Gasteiger partial charge on any atom is -0.0610 e. The minimum absolute atomic E-state index is 1.35. The summed E-state index contributed by atoms with van der Waals surface area (Å²) in [6.45, 7) is 0. The van der Waals surface area contributed by atoms with Gasteiger partial charge in [0.1, 0.15) is 0 Å². The molecule has 1 aliphatic rings. The average Bonchev–Trinajstić information content (AvgIpc) is 2.79. The van der Waals surface area contributed by atoms with Crippen LogP contribution in [0.1, 0.15) is 5.56 Å². The van der Waals surface area contributed by atoms with Crippen LogP contribution in [0.5, 0.6) is 0 Å². The summed E-state index contributed by atoms with van der Waals surface area (Å²) in [5, 5.41) is 9.71. The highest BCUT2D eigenvalue weighted by Crippen LogP contribution is 2.35. The van der Waals surface area contributed by atoms with Gasteiger partial charge in [-0.1, -0.05) is 48.5 Å². The molecule has 0 N–H and O–H groups in total. The van der Waals surface area contributed by atoms with Crippen molar-refractivity contribution >= 4 is 38.4 Å². The first-order chi connectivity index (χ1) is 8.92. The van der Waals surface area contributed by atoms with E-state index < -0.39 is 0 Å². The summed E-state index contributed by atoms with van der Waals surface area (Å²) in [6, 6.07) is 20.0. The second-order valence-corrected chi connectivity index (χ2v) is 5.08. The molecule has 0 aromatic heterocycles. The molecule has 0 heteroatoms. The molecule has 1 aliphatic carbocycles. The fourth-order valence-electron chi connectivity index (χ4n) is 3.39. The first kappa shape index (κ1) is 8.71. The van der Waals surface area contributed by atoms with Crippen LogP contribution in [0.2, 0.25) is 0 Å². The lowest BCUT2D eigenvalue weighted by atomic mass is 9.95. The van der Waals surface area contributed by atoms with Crippen LogP contribution in [0, 0.1) is 0 Å². The van der Waals surface area contributed by atoms with Crippen LogP contribution >= 0.6 is 0 Å². The van der Waals surface area contributed by atoms with Crippen molar-refractivity contribution in [2.24, 2.45) is 0 Å². The maximum Gasteiger partial charge on any atom is -0.00145 e. The van der Waals surface area contributed by atoms with Crippen LogP contribution in [-0.4, -0.2) is 0 Å². The van der Waals surface area contributed by atoms with E-state index in [1.54, 1.807) is 0 Å². The maximum atomic E-state index is 2.32. The van der Waals surface area contributed by atoms with E-state index in [-0.39, 0.29) is 0 Å². The molecular formula is C18H10. The second-order valence-electron chi connectivity index (χ2n) is 5.08. The molecule has 0 saturated heterocycles. The summed E-state index contributed by atoms with van der Waals surface area (Å²) in [5.74, 6) is 0. The van der Waals surface area contributed by atoms with E-state index in [2.05, 4.69) is 60.7 Å². The summed E-state index contributed by atoms with van der Waals surface area (Å²) >= 11 is 0. The van der Waals surface area contributed by atoms with Gasteiger partial charge in [0.25, 0.3) is 0 Å². The minimum atomic E-state index is 1.35. The molecule has 0 atom stereocenters. The third kappa shape index (κ3) is 0.853. The van der Waals surface area contributed by atoms with Crippen LogP contribution < -0.4 is 5.22 Å². The number of benzene rings is 4. The van der Waals surface area contributed by atoms with Crippen LogP contribution in [0.3, 0.4) is 0 Å². The van der Waals surface area contributed by atoms with E-state index in [1.807, 2.05) is 0 Å². The summed E-state index contributed by atoms with van der Waals surface area (Å²) < 4.78 is 0. The van der Waals surface area contributed by atoms with E-state index >= 15 is 0 Å². The lowest BCUT2D eigenvalue weighted by Crippen LogP contribution is -1.98. The third-order valence-corrected chi connectivity index (χ3v) is 4.11. The average molecular weight is 226 g/mol. The Kier molecular flexibility index (Phi) is 1.32. The van der Waals surface area contributed by atoms with Crippen molar-refractivity contribution in [1.29, 1.82) is 0 Å². The van der Waals surface area contributed by atoms with Crippen molar-refractivity contribution < 1.29 is 0 Å². The Morgan fingerprint density at radius 3 is 2.28 bits per heavy atom. The summed E-state index contributed by atoms with van der Waals surface area (Å²) in [5.41, 5.74) is 1.36. The van der Waals surface area contributed by atoms with Crippen molar-refractivity contribution in [3.63, 3.8) is 0 Å². The molecule has 0 fully saturated rings. The zero-order valence-corrected chi connectivity index (χ0v) is 9.77. The lowest BCUT2D eigenvalue weighted by molar-refractivity contribution is 1.76. The first-order valence-electron chi connectivity index (χ1n) is 6.30. The van der Waals surface area contributed by atoms with Gasteiger partial charge in [0.15, 0.2) is 0 Å². The van der Waals surface area contributed by atoms with Crippen molar-refractivity contribution in [3.8, 4) is 0 Å². The van der Waals surface area contributed by atoms with E-state index in [9.17, 15) is 0 Å². The quantitative estimate of drug-likeness (QED) is 0.276. The molecule has 0 bridgehead atoms. The van der Waals surface area contributed by atoms with Crippen molar-refractivity contribution in [2.75, 3.05) is 0 Å². The van der Waals surface area contributed by atoms with Crippen molar-refractivity contribution in [3.05, 3.63) is 65.4 Å². The standard InChI is InChI=1S/C18H10/c1-3-11-7-8-15-10-14-6-2-5-13-9-12(4-1)16(11)18(15)17(13)14/h1-10H. The van der Waals surface area contributed by atoms with Gasteiger partial charge in [0.05, 0.1) is 0 Å². The number of rotatable bonds is 0. The summed E-state index contributed by atoms with van der Waals surface area (Å²) in [7, 11) is 0. The van der Waals surface area contributed by atoms with Gasteiger partial charge in [-0.15, -0.1) is 0 Å². The normalized spacial score (nSPS) is 12.9. The Balaban J connectivity index is 2.33. The predicted octanol–water partition coefficient (Wildman–Crippen LogP) is 4.01. The molecule has 4 aromatic carbocycles. The molecule has 0 spiro atoms. The van der Waals surface area contributed by atoms with Crippen molar-refractivity contribution in [1.82, 2.24) is 0 Å². The molecule has 82 valence electrons. The Morgan fingerprint density at radius 1 is 0.556 bits per heavy atom. The molecule has 0 saturated carbocycles. The molecule has 0 heterocycles. The highest BCUT2D eigenvalue weighted by atomic mass is 14.2. The largest absolute Gasteiger partial charge is 0.0610 e. The fourth-order valence-corrected chi connectivity index (χ4v) is 3.39. The van der Waals surface area contributed by atoms with Gasteiger partial charge < -0.3 is 0 Å². The molecule has 0 radical (unpaired) electrons. The Labute approximate surface area is 104 Å². The smallest absolute Gasteiger partial charge is 0.00145 e. The highest BCUT2D eigenvalue weighted by Gasteiger charge is 2.13. The lowest BCUT2D eigenvalue weighted by Gasteiger charge is -2.08. The molecule has 0 aliphatic heterocycles. The zero-order valence-electron chi connectivity index (χ0n) is 9.77. The SMILES string of the molecule is C1=c2ccc3cccc4cc5cccc1c5c2c34. The molecule has 4 aromatic rings. The topological polar surface area (TPSA) is 0 Å². The molecule has 5 rings (SSSR count). The predicted molar refractivity (Wildman–Crippen MR) is 77.7 cm³/mol. The Bertz CT molecular complexity index is 1010. The van der Waals surface area contributed by atoms with Crippen molar-refractivity contribution in [2.45, 2.75) is 0 Å².